The lowest BCUT2D eigenvalue weighted by atomic mass is 9.81. The summed E-state index contributed by atoms with van der Waals surface area (Å²) in [6, 6.07) is 20.6. The molecule has 4 aliphatic heterocycles. The number of hydrogen-bond donors (Lipinski definition) is 0. The molecule has 0 radical (unpaired) electrons. The van der Waals surface area contributed by atoms with Crippen LogP contribution in [0.4, 0.5) is 0 Å². The van der Waals surface area contributed by atoms with Gasteiger partial charge in [0, 0.05) is 92.0 Å². The molecule has 372 valence electrons. The molecular weight excluding hydrogens is 841 g/mol. The second-order valence-corrected chi connectivity index (χ2v) is 22.6. The first-order valence-corrected chi connectivity index (χ1v) is 23.7. The van der Waals surface area contributed by atoms with Gasteiger partial charge in [0.05, 0.1) is 11.4 Å². The lowest BCUT2D eigenvalue weighted by molar-refractivity contribution is -0.127. The number of benzene rings is 2. The number of carbonyl (C=O) groups is 2. The molecule has 0 unspecified atom stereocenters. The monoisotopic (exact) mass is 929 g/mol. The van der Waals surface area contributed by atoms with Gasteiger partial charge in [0.1, 0.15) is 23.3 Å². The minimum absolute atomic E-state index is 0.0273. The third kappa shape index (κ3) is 12.4. The molecule has 0 aromatic heterocycles. The SMILES string of the molecule is C=C1N(C)C(=O)C(C(C)(C)C)=C(C)N1C.C=C1N(C)C(=O)C(C(C)(C)C)=C(c2ccccc2)N1C.C=C1N(C)CC(C(C)(C)C)=C(C)N1C.C=C1N(C)CC(C(C)(C)C)=C(c2ccccc2)N1C. The Morgan fingerprint density at radius 3 is 1.10 bits per heavy atom. The van der Waals surface area contributed by atoms with E-state index in [0.717, 1.165) is 58.7 Å². The number of hydrogen-bond acceptors (Lipinski definition) is 8. The van der Waals surface area contributed by atoms with E-state index in [1.165, 1.54) is 28.1 Å². The Morgan fingerprint density at radius 1 is 0.382 bits per heavy atom. The lowest BCUT2D eigenvalue weighted by Crippen LogP contribution is -2.43. The van der Waals surface area contributed by atoms with Crippen LogP contribution in [-0.4, -0.2) is 120 Å². The van der Waals surface area contributed by atoms with Gasteiger partial charge in [-0.3, -0.25) is 19.4 Å². The van der Waals surface area contributed by atoms with Crippen molar-refractivity contribution in [2.75, 3.05) is 69.5 Å². The number of likely N-dealkylation sites (N-methyl/N-ethyl adjacent to an activating group) is 4. The van der Waals surface area contributed by atoms with Gasteiger partial charge in [0.25, 0.3) is 11.8 Å². The van der Waals surface area contributed by atoms with E-state index >= 15 is 0 Å². The van der Waals surface area contributed by atoms with E-state index in [4.69, 9.17) is 0 Å². The van der Waals surface area contributed by atoms with Crippen LogP contribution in [0.2, 0.25) is 0 Å². The van der Waals surface area contributed by atoms with Crippen molar-refractivity contribution in [3.8, 4) is 0 Å². The highest BCUT2D eigenvalue weighted by Crippen LogP contribution is 2.42. The topological polar surface area (TPSA) is 60.1 Å². The number of rotatable bonds is 2. The highest BCUT2D eigenvalue weighted by molar-refractivity contribution is 6.04. The Balaban J connectivity index is 0.000000243. The highest BCUT2D eigenvalue weighted by Gasteiger charge is 2.38. The Hall–Kier alpha value is -5.90. The molecule has 2 aromatic carbocycles. The fourth-order valence-corrected chi connectivity index (χ4v) is 8.83. The van der Waals surface area contributed by atoms with Gasteiger partial charge in [0.2, 0.25) is 0 Å². The van der Waals surface area contributed by atoms with Crippen LogP contribution in [0, 0.1) is 21.7 Å². The van der Waals surface area contributed by atoms with E-state index in [2.05, 4.69) is 194 Å². The Labute approximate surface area is 413 Å². The van der Waals surface area contributed by atoms with Gasteiger partial charge in [-0.25, -0.2) is 0 Å². The number of allylic oxidation sites excluding steroid dienone is 2. The van der Waals surface area contributed by atoms with Crippen molar-refractivity contribution < 1.29 is 9.59 Å². The predicted molar refractivity (Wildman–Crippen MR) is 288 cm³/mol. The third-order valence-corrected chi connectivity index (χ3v) is 13.4. The first-order chi connectivity index (χ1) is 31.0. The van der Waals surface area contributed by atoms with Gasteiger partial charge >= 0.3 is 0 Å². The summed E-state index contributed by atoms with van der Waals surface area (Å²) in [6.45, 7) is 48.2. The van der Waals surface area contributed by atoms with E-state index in [9.17, 15) is 9.59 Å². The fourth-order valence-electron chi connectivity index (χ4n) is 8.83. The summed E-state index contributed by atoms with van der Waals surface area (Å²) < 4.78 is 0. The number of nitrogens with zero attached hydrogens (tertiary/aromatic N) is 8. The maximum atomic E-state index is 12.7. The third-order valence-electron chi connectivity index (χ3n) is 13.4. The summed E-state index contributed by atoms with van der Waals surface area (Å²) in [5, 5.41) is 0. The summed E-state index contributed by atoms with van der Waals surface area (Å²) in [5.74, 6) is 3.64. The average molecular weight is 929 g/mol. The summed E-state index contributed by atoms with van der Waals surface area (Å²) in [7, 11) is 15.8. The van der Waals surface area contributed by atoms with Gasteiger partial charge < -0.3 is 29.4 Å². The molecule has 68 heavy (non-hydrogen) atoms. The van der Waals surface area contributed by atoms with Crippen molar-refractivity contribution in [3.05, 3.63) is 155 Å². The summed E-state index contributed by atoms with van der Waals surface area (Å²) >= 11 is 0. The van der Waals surface area contributed by atoms with Crippen molar-refractivity contribution in [2.45, 2.75) is 96.9 Å². The normalized spacial score (nSPS) is 18.0. The Bertz CT molecular complexity index is 2370. The molecule has 0 saturated heterocycles. The Morgan fingerprint density at radius 2 is 0.706 bits per heavy atom. The molecule has 0 bridgehead atoms. The average Bonchev–Trinajstić information content (AvgIpc) is 3.24. The van der Waals surface area contributed by atoms with Crippen LogP contribution in [0.25, 0.3) is 11.4 Å². The van der Waals surface area contributed by atoms with E-state index < -0.39 is 0 Å². The largest absolute Gasteiger partial charge is 0.357 e. The van der Waals surface area contributed by atoms with Gasteiger partial charge in [0.15, 0.2) is 0 Å². The zero-order valence-electron chi connectivity index (χ0n) is 46.4. The standard InChI is InChI=1S/C17H22N2O.C17H24N2.C12H20N2O.C12H22N2/c1-12-18(5)15(13-10-8-7-9-11-13)14(17(2,3)4)16(20)19(12)6;1-13-18(5)12-15(17(2,3)4)16(19(13)6)14-10-8-7-9-11-14;1-8-10(12(3,4)5)11(15)14(7)9(2)13(8)6;1-9-11(12(3,4)5)8-13(6)10(2)14(9)7/h7-11H,1H2,2-6H3;7-11H,1,12H2,2-6H3;2H2,1,3-7H3;2,8H2,1,3-7H3. The molecule has 0 fully saturated rings. The van der Waals surface area contributed by atoms with Crippen LogP contribution in [0.15, 0.2) is 144 Å². The van der Waals surface area contributed by atoms with Gasteiger partial charge in [-0.1, -0.05) is 170 Å². The molecule has 2 amide bonds. The van der Waals surface area contributed by atoms with E-state index in [-0.39, 0.29) is 33.5 Å². The molecule has 4 aliphatic rings. The molecule has 0 N–H and O–H groups in total. The molecule has 0 saturated carbocycles. The minimum atomic E-state index is -0.231. The van der Waals surface area contributed by atoms with Crippen LogP contribution in [0.5, 0.6) is 0 Å². The molecule has 10 nitrogen and oxygen atoms in total. The fraction of sp³-hybridized carbons (Fsp3) is 0.483. The smallest absolute Gasteiger partial charge is 0.257 e. The molecule has 6 rings (SSSR count). The zero-order chi connectivity index (χ0) is 52.3. The first-order valence-electron chi connectivity index (χ1n) is 23.7. The van der Waals surface area contributed by atoms with Crippen molar-refractivity contribution in [1.29, 1.82) is 0 Å². The van der Waals surface area contributed by atoms with Crippen LogP contribution >= 0.6 is 0 Å². The maximum Gasteiger partial charge on any atom is 0.257 e. The zero-order valence-corrected chi connectivity index (χ0v) is 46.4. The number of amides is 2. The summed E-state index contributed by atoms with van der Waals surface area (Å²) in [4.78, 5) is 40.8. The molecule has 0 atom stereocenters. The highest BCUT2D eigenvalue weighted by atomic mass is 16.2. The second-order valence-electron chi connectivity index (χ2n) is 22.6. The Kier molecular flexibility index (Phi) is 17.6. The van der Waals surface area contributed by atoms with Crippen molar-refractivity contribution in [2.24, 2.45) is 21.7 Å². The van der Waals surface area contributed by atoms with Crippen LogP contribution in [-0.2, 0) is 9.59 Å². The predicted octanol–water partition coefficient (Wildman–Crippen LogP) is 11.9. The summed E-state index contributed by atoms with van der Waals surface area (Å²) in [5.41, 5.74) is 11.6. The minimum Gasteiger partial charge on any atom is -0.357 e. The maximum absolute atomic E-state index is 12.7. The first kappa shape index (κ1) is 56.4. The van der Waals surface area contributed by atoms with Crippen LogP contribution in [0.3, 0.4) is 0 Å². The van der Waals surface area contributed by atoms with Gasteiger partial charge in [-0.15, -0.1) is 0 Å². The van der Waals surface area contributed by atoms with Crippen molar-refractivity contribution in [1.82, 2.24) is 39.2 Å². The summed E-state index contributed by atoms with van der Waals surface area (Å²) in [6.07, 6.45) is 0. The van der Waals surface area contributed by atoms with E-state index in [1.807, 2.05) is 61.2 Å². The molecule has 0 spiro atoms. The molecule has 0 aliphatic carbocycles. The molecule has 2 aromatic rings. The van der Waals surface area contributed by atoms with Crippen LogP contribution < -0.4 is 0 Å². The van der Waals surface area contributed by atoms with Crippen molar-refractivity contribution in [3.63, 3.8) is 0 Å². The van der Waals surface area contributed by atoms with Gasteiger partial charge in [-0.05, 0) is 57.8 Å². The second kappa shape index (κ2) is 21.2. The van der Waals surface area contributed by atoms with E-state index in [0.29, 0.717) is 5.82 Å². The van der Waals surface area contributed by atoms with E-state index in [1.54, 1.807) is 23.9 Å². The lowest BCUT2D eigenvalue weighted by Gasteiger charge is -2.43. The quantitative estimate of drug-likeness (QED) is 0.295. The van der Waals surface area contributed by atoms with Crippen LogP contribution in [0.1, 0.15) is 108 Å². The van der Waals surface area contributed by atoms with Crippen molar-refractivity contribution >= 4 is 23.2 Å². The molecule has 4 heterocycles. The molecular formula is C58H88N8O2. The molecule has 10 heteroatoms. The van der Waals surface area contributed by atoms with Gasteiger partial charge in [-0.2, -0.15) is 0 Å². The number of carbonyl (C=O) groups excluding carboxylic acids is 2.